The maximum Gasteiger partial charge on any atom is 0.305 e. The topological polar surface area (TPSA) is 66.8 Å². The number of rotatable bonds is 4. The Morgan fingerprint density at radius 1 is 1.43 bits per heavy atom. The number of carboxylic acid groups (broad SMARTS) is 1. The molecular weight excluding hydrogens is 321 g/mol. The lowest BCUT2D eigenvalue weighted by Crippen LogP contribution is -2.36. The molecule has 2 aromatic rings. The van der Waals surface area contributed by atoms with E-state index in [9.17, 15) is 14.0 Å². The first-order valence-corrected chi connectivity index (χ1v) is 8.04. The summed E-state index contributed by atoms with van der Waals surface area (Å²) in [5.74, 6) is -1.51. The van der Waals surface area contributed by atoms with Gasteiger partial charge < -0.3 is 14.7 Å². The second-order valence-corrected chi connectivity index (χ2v) is 6.68. The van der Waals surface area contributed by atoms with E-state index < -0.39 is 5.97 Å². The van der Waals surface area contributed by atoms with Gasteiger partial charge in [-0.2, -0.15) is 0 Å². The lowest BCUT2D eigenvalue weighted by Gasteiger charge is -2.22. The number of carbonyl (C=O) groups is 2. The summed E-state index contributed by atoms with van der Waals surface area (Å²) in [4.78, 5) is 25.8. The zero-order valence-corrected chi connectivity index (χ0v) is 13.3. The van der Waals surface area contributed by atoms with Crippen molar-refractivity contribution >= 4 is 33.3 Å². The van der Waals surface area contributed by atoms with Crippen molar-refractivity contribution in [3.05, 3.63) is 35.0 Å². The number of carbonyl (C=O) groups excluding carboxylic acids is 1. The highest BCUT2D eigenvalue weighted by molar-refractivity contribution is 7.20. The van der Waals surface area contributed by atoms with Gasteiger partial charge >= 0.3 is 5.97 Å². The Morgan fingerprint density at radius 2 is 2.22 bits per heavy atom. The van der Waals surface area contributed by atoms with Crippen LogP contribution in [0.2, 0.25) is 0 Å². The summed E-state index contributed by atoms with van der Waals surface area (Å²) in [6.45, 7) is 0.371. The lowest BCUT2D eigenvalue weighted by molar-refractivity contribution is -0.137. The minimum Gasteiger partial charge on any atom is -0.481 e. The van der Waals surface area contributed by atoms with Crippen molar-refractivity contribution in [1.29, 1.82) is 0 Å². The quantitative estimate of drug-likeness (QED) is 0.931. The highest BCUT2D eigenvalue weighted by Gasteiger charge is 2.37. The molecule has 1 saturated heterocycles. The van der Waals surface area contributed by atoms with E-state index in [2.05, 4.69) is 0 Å². The van der Waals surface area contributed by atoms with Gasteiger partial charge in [-0.15, -0.1) is 11.3 Å². The van der Waals surface area contributed by atoms with E-state index in [0.29, 0.717) is 23.2 Å². The molecule has 0 bridgehead atoms. The Kier molecular flexibility index (Phi) is 4.32. The lowest BCUT2D eigenvalue weighted by atomic mass is 10.1. The monoisotopic (exact) mass is 337 g/mol. The number of likely N-dealkylation sites (tertiary alicyclic amines) is 1. The summed E-state index contributed by atoms with van der Waals surface area (Å²) in [5, 5.41) is 9.71. The van der Waals surface area contributed by atoms with Crippen LogP contribution in [-0.4, -0.2) is 47.7 Å². The van der Waals surface area contributed by atoms with Crippen LogP contribution in [0, 0.1) is 5.82 Å². The molecule has 1 amide bonds. The van der Waals surface area contributed by atoms with Gasteiger partial charge in [0.2, 0.25) is 0 Å². The molecule has 7 heteroatoms. The number of hydrogen-bond donors (Lipinski definition) is 1. The van der Waals surface area contributed by atoms with E-state index in [1.165, 1.54) is 23.5 Å². The standard InChI is InChI=1S/C16H16FNO4S/c1-22-12-6-11(7-15(19)20)18(8-12)16(21)14-5-9-4-10(17)2-3-13(9)23-14/h2-5,11-12H,6-8H2,1H3,(H,19,20). The first-order chi connectivity index (χ1) is 11.0. The molecule has 2 unspecified atom stereocenters. The maximum atomic E-state index is 13.3. The third kappa shape index (κ3) is 3.20. The summed E-state index contributed by atoms with van der Waals surface area (Å²) in [5.41, 5.74) is 0. The molecule has 1 aromatic heterocycles. The minimum atomic E-state index is -0.942. The first-order valence-electron chi connectivity index (χ1n) is 7.22. The van der Waals surface area contributed by atoms with Gasteiger partial charge in [0.1, 0.15) is 5.82 Å². The van der Waals surface area contributed by atoms with Crippen LogP contribution in [0.4, 0.5) is 4.39 Å². The molecule has 0 spiro atoms. The van der Waals surface area contributed by atoms with Crippen molar-refractivity contribution in [1.82, 2.24) is 4.90 Å². The second-order valence-electron chi connectivity index (χ2n) is 5.60. The second kappa shape index (κ2) is 6.25. The number of carboxylic acids is 1. The molecule has 1 aliphatic rings. The van der Waals surface area contributed by atoms with E-state index >= 15 is 0 Å². The summed E-state index contributed by atoms with van der Waals surface area (Å²) >= 11 is 1.28. The summed E-state index contributed by atoms with van der Waals surface area (Å²) in [6, 6.07) is 5.66. The Bertz CT molecular complexity index is 760. The molecule has 0 aliphatic carbocycles. The van der Waals surface area contributed by atoms with Gasteiger partial charge in [0, 0.05) is 24.4 Å². The number of benzene rings is 1. The third-order valence-corrected chi connectivity index (χ3v) is 5.17. The van der Waals surface area contributed by atoms with Gasteiger partial charge in [0.05, 0.1) is 17.4 Å². The van der Waals surface area contributed by atoms with Crippen LogP contribution in [0.3, 0.4) is 0 Å². The van der Waals surface area contributed by atoms with Crippen molar-refractivity contribution < 1.29 is 23.8 Å². The molecular formula is C16H16FNO4S. The number of fused-ring (bicyclic) bond motifs is 1. The molecule has 122 valence electrons. The zero-order chi connectivity index (χ0) is 16.6. The fourth-order valence-corrected chi connectivity index (χ4v) is 3.95. The van der Waals surface area contributed by atoms with Crippen molar-refractivity contribution in [2.24, 2.45) is 0 Å². The highest BCUT2D eigenvalue weighted by Crippen LogP contribution is 2.30. The predicted octanol–water partition coefficient (Wildman–Crippen LogP) is 2.74. The molecule has 2 atom stereocenters. The van der Waals surface area contributed by atoms with E-state index in [4.69, 9.17) is 9.84 Å². The van der Waals surface area contributed by atoms with Crippen molar-refractivity contribution in [3.63, 3.8) is 0 Å². The zero-order valence-electron chi connectivity index (χ0n) is 12.5. The van der Waals surface area contributed by atoms with Gasteiger partial charge in [-0.25, -0.2) is 4.39 Å². The van der Waals surface area contributed by atoms with Gasteiger partial charge in [0.15, 0.2) is 0 Å². The molecule has 0 saturated carbocycles. The predicted molar refractivity (Wildman–Crippen MR) is 84.3 cm³/mol. The average molecular weight is 337 g/mol. The normalized spacial score (nSPS) is 21.0. The number of methoxy groups -OCH3 is 1. The molecule has 23 heavy (non-hydrogen) atoms. The molecule has 1 N–H and O–H groups in total. The van der Waals surface area contributed by atoms with Crippen LogP contribution < -0.4 is 0 Å². The largest absolute Gasteiger partial charge is 0.481 e. The van der Waals surface area contributed by atoms with Gasteiger partial charge in [-0.05, 0) is 36.1 Å². The van der Waals surface area contributed by atoms with Gasteiger partial charge in [0.25, 0.3) is 5.91 Å². The number of amides is 1. The molecule has 1 fully saturated rings. The number of nitrogens with zero attached hydrogens (tertiary/aromatic N) is 1. The maximum absolute atomic E-state index is 13.3. The van der Waals surface area contributed by atoms with Crippen LogP contribution >= 0.6 is 11.3 Å². The molecule has 3 rings (SSSR count). The van der Waals surface area contributed by atoms with E-state index in [1.807, 2.05) is 0 Å². The summed E-state index contributed by atoms with van der Waals surface area (Å²) in [7, 11) is 1.55. The summed E-state index contributed by atoms with van der Waals surface area (Å²) < 4.78 is 19.4. The first kappa shape index (κ1) is 15.9. The molecule has 0 radical (unpaired) electrons. The van der Waals surface area contributed by atoms with E-state index in [-0.39, 0.29) is 30.3 Å². The number of thiophene rings is 1. The van der Waals surface area contributed by atoms with Crippen molar-refractivity contribution in [2.45, 2.75) is 25.0 Å². The average Bonchev–Trinajstić information content (AvgIpc) is 3.09. The highest BCUT2D eigenvalue weighted by atomic mass is 32.1. The Labute approximate surface area is 136 Å². The molecule has 1 aliphatic heterocycles. The third-order valence-electron chi connectivity index (χ3n) is 4.07. The van der Waals surface area contributed by atoms with Crippen LogP contribution in [0.1, 0.15) is 22.5 Å². The van der Waals surface area contributed by atoms with Gasteiger partial charge in [-0.3, -0.25) is 9.59 Å². The fourth-order valence-electron chi connectivity index (χ4n) is 2.95. The SMILES string of the molecule is COC1CC(CC(=O)O)N(C(=O)c2cc3cc(F)ccc3s2)C1. The smallest absolute Gasteiger partial charge is 0.305 e. The Hall–Kier alpha value is -1.99. The number of halogens is 1. The molecule has 2 heterocycles. The van der Waals surface area contributed by atoms with E-state index in [0.717, 1.165) is 4.70 Å². The number of hydrogen-bond acceptors (Lipinski definition) is 4. The number of ether oxygens (including phenoxy) is 1. The van der Waals surface area contributed by atoms with Gasteiger partial charge in [-0.1, -0.05) is 0 Å². The van der Waals surface area contributed by atoms with E-state index in [1.54, 1.807) is 24.1 Å². The van der Waals surface area contributed by atoms with Crippen LogP contribution in [0.5, 0.6) is 0 Å². The molecule has 5 nitrogen and oxygen atoms in total. The fraction of sp³-hybridized carbons (Fsp3) is 0.375. The van der Waals surface area contributed by atoms with Crippen molar-refractivity contribution in [3.8, 4) is 0 Å². The van der Waals surface area contributed by atoms with Crippen LogP contribution in [-0.2, 0) is 9.53 Å². The Morgan fingerprint density at radius 3 is 2.91 bits per heavy atom. The summed E-state index contributed by atoms with van der Waals surface area (Å²) in [6.07, 6.45) is 0.245. The number of aliphatic carboxylic acids is 1. The molecule has 1 aromatic carbocycles. The van der Waals surface area contributed by atoms with Crippen LogP contribution in [0.15, 0.2) is 24.3 Å². The van der Waals surface area contributed by atoms with Crippen LogP contribution in [0.25, 0.3) is 10.1 Å². The minimum absolute atomic E-state index is 0.106. The Balaban J connectivity index is 1.88. The van der Waals surface area contributed by atoms with Crippen molar-refractivity contribution in [2.75, 3.05) is 13.7 Å².